The van der Waals surface area contributed by atoms with Crippen LogP contribution in [0.4, 0.5) is 0 Å². The lowest BCUT2D eigenvalue weighted by molar-refractivity contribution is -0.00460. The highest BCUT2D eigenvalue weighted by atomic mass is 16.5. The molecule has 0 radical (unpaired) electrons. The molecule has 2 aliphatic rings. The lowest BCUT2D eigenvalue weighted by atomic mass is 9.99. The van der Waals surface area contributed by atoms with Crippen LogP contribution < -0.4 is 0 Å². The quantitative estimate of drug-likeness (QED) is 0.885. The largest absolute Gasteiger partial charge is 0.459 e. The number of aromatic nitrogens is 1. The Balaban J connectivity index is 1.62. The molecule has 4 rings (SSSR count). The molecule has 2 atom stereocenters. The zero-order valence-electron chi connectivity index (χ0n) is 19.3. The maximum Gasteiger partial charge on any atom is 0.340 e. The number of carbonyl (C=O) groups is 1. The first-order valence-electron chi connectivity index (χ1n) is 11.1. The van der Waals surface area contributed by atoms with Crippen molar-refractivity contribution in [2.75, 3.05) is 6.50 Å². The molecule has 0 saturated carbocycles. The van der Waals surface area contributed by atoms with Crippen LogP contribution >= 0.6 is 0 Å². The Labute approximate surface area is 140 Å². The maximum atomic E-state index is 12.9. The highest BCUT2D eigenvalue weighted by Crippen LogP contribution is 2.36. The van der Waals surface area contributed by atoms with Crippen LogP contribution in [0.1, 0.15) is 52.6 Å². The highest BCUT2D eigenvalue weighted by molar-refractivity contribution is 6.04. The molecule has 4 heteroatoms. The summed E-state index contributed by atoms with van der Waals surface area (Å²) in [5, 5.41) is -0.0312. The fraction of sp³-hybridized carbons (Fsp3) is 0.500. The minimum Gasteiger partial charge on any atom is -0.459 e. The molecular weight excluding hydrogens is 276 g/mol. The van der Waals surface area contributed by atoms with Crippen molar-refractivity contribution >= 4 is 16.9 Å². The first-order chi connectivity index (χ1) is 13.5. The summed E-state index contributed by atoms with van der Waals surface area (Å²) in [7, 11) is 0. The summed E-state index contributed by atoms with van der Waals surface area (Å²) < 4.78 is 61.5. The van der Waals surface area contributed by atoms with Crippen molar-refractivity contribution in [3.8, 4) is 0 Å². The Bertz CT molecular complexity index is 987. The Morgan fingerprint density at radius 2 is 2.14 bits per heavy atom. The van der Waals surface area contributed by atoms with E-state index in [-0.39, 0.29) is 46.8 Å². The summed E-state index contributed by atoms with van der Waals surface area (Å²) in [5.74, 6) is -0.788. The predicted octanol–water partition coefficient (Wildman–Crippen LogP) is 3.34. The average Bonchev–Trinajstić information content (AvgIpc) is 3.13. The van der Waals surface area contributed by atoms with Crippen molar-refractivity contribution in [1.82, 2.24) is 9.88 Å². The van der Waals surface area contributed by atoms with E-state index in [0.717, 1.165) is 12.8 Å². The molecule has 116 valence electrons. The number of hydrogen-bond acceptors (Lipinski definition) is 3. The monoisotopic (exact) mass is 305 g/mol. The number of fused-ring (bicyclic) bond motifs is 3. The molecule has 2 aromatic rings. The van der Waals surface area contributed by atoms with Crippen LogP contribution in [-0.2, 0) is 4.74 Å². The number of nitrogens with one attached hydrogen (secondary N) is 1. The predicted molar refractivity (Wildman–Crippen MR) is 85.9 cm³/mol. The van der Waals surface area contributed by atoms with Crippen LogP contribution in [0.15, 0.2) is 30.3 Å². The summed E-state index contributed by atoms with van der Waals surface area (Å²) in [6, 6.07) is -1.63. The number of rotatable bonds is 3. The van der Waals surface area contributed by atoms with Gasteiger partial charge in [-0.05, 0) is 25.4 Å². The first-order valence-corrected chi connectivity index (χ1v) is 7.58. The molecule has 1 aromatic heterocycles. The second kappa shape index (κ2) is 5.43. The first kappa shape index (κ1) is 8.16. The normalized spacial score (nSPS) is 33.3. The van der Waals surface area contributed by atoms with Gasteiger partial charge in [-0.2, -0.15) is 0 Å². The number of piperidine rings is 1. The van der Waals surface area contributed by atoms with Gasteiger partial charge in [-0.1, -0.05) is 25.1 Å². The van der Waals surface area contributed by atoms with Gasteiger partial charge in [-0.25, -0.2) is 4.79 Å². The second-order valence-electron chi connectivity index (χ2n) is 5.89. The summed E-state index contributed by atoms with van der Waals surface area (Å²) in [5.41, 5.74) is -0.172. The topological polar surface area (TPSA) is 45.3 Å². The summed E-state index contributed by atoms with van der Waals surface area (Å²) >= 11 is 0. The van der Waals surface area contributed by atoms with E-state index >= 15 is 0 Å². The standard InChI is InChI=1S/C18H22N2O2/c1-2-20-12-7-8-13(20)10-14(9-12)22-18(21)16-11-19-17-6-4-3-5-15(16)17/h3-6,11-14,19H,2,7-10H2,1H3/i2D2,3D,4D,5D,6D,11D. The summed E-state index contributed by atoms with van der Waals surface area (Å²) in [6.45, 7) is 0.103. The fourth-order valence-corrected chi connectivity index (χ4v) is 3.73. The molecule has 2 fully saturated rings. The van der Waals surface area contributed by atoms with Crippen molar-refractivity contribution in [2.24, 2.45) is 0 Å². The van der Waals surface area contributed by atoms with Crippen molar-refractivity contribution in [3.63, 3.8) is 0 Å². The molecule has 4 nitrogen and oxygen atoms in total. The third-order valence-electron chi connectivity index (χ3n) is 4.68. The molecule has 0 spiro atoms. The maximum absolute atomic E-state index is 12.9. The Hall–Kier alpha value is -1.81. The van der Waals surface area contributed by atoms with Gasteiger partial charge in [0.25, 0.3) is 0 Å². The molecule has 3 heterocycles. The van der Waals surface area contributed by atoms with E-state index < -0.39 is 30.7 Å². The van der Waals surface area contributed by atoms with Crippen molar-refractivity contribution in [3.05, 3.63) is 35.9 Å². The van der Waals surface area contributed by atoms with Gasteiger partial charge in [0, 0.05) is 44.7 Å². The number of H-pyrrole nitrogens is 1. The molecule has 0 amide bonds. The van der Waals surface area contributed by atoms with E-state index in [2.05, 4.69) is 4.98 Å². The van der Waals surface area contributed by atoms with Gasteiger partial charge in [-0.3, -0.25) is 4.90 Å². The number of nitrogens with zero attached hydrogens (tertiary/aromatic N) is 1. The van der Waals surface area contributed by atoms with Crippen LogP contribution in [-0.4, -0.2) is 40.5 Å². The van der Waals surface area contributed by atoms with Crippen LogP contribution in [0.25, 0.3) is 10.9 Å². The molecular formula is C18H22N2O2. The minimum atomic E-state index is -1.44. The SMILES string of the molecule is [2H]c1[nH]c2c([2H])c([2H])c([2H])c([2H])c2c1C(=O)OC1CC2CCC(C1)N2C([2H])([2H])C. The van der Waals surface area contributed by atoms with Crippen LogP contribution in [0.5, 0.6) is 0 Å². The molecule has 22 heavy (non-hydrogen) atoms. The van der Waals surface area contributed by atoms with E-state index in [4.69, 9.17) is 14.3 Å². The van der Waals surface area contributed by atoms with E-state index in [1.165, 1.54) is 6.92 Å². The van der Waals surface area contributed by atoms with Gasteiger partial charge in [0.05, 0.1) is 12.4 Å². The van der Waals surface area contributed by atoms with E-state index in [1.54, 1.807) is 0 Å². The van der Waals surface area contributed by atoms with Crippen molar-refractivity contribution in [2.45, 2.75) is 50.8 Å². The van der Waals surface area contributed by atoms with E-state index in [9.17, 15) is 4.79 Å². The molecule has 2 aliphatic heterocycles. The Morgan fingerprint density at radius 1 is 1.41 bits per heavy atom. The molecule has 2 bridgehead atoms. The number of hydrogen-bond donors (Lipinski definition) is 1. The molecule has 1 N–H and O–H groups in total. The molecule has 2 unspecified atom stereocenters. The molecule has 1 aromatic carbocycles. The fourth-order valence-electron chi connectivity index (χ4n) is 3.73. The third kappa shape index (κ3) is 2.22. The van der Waals surface area contributed by atoms with Gasteiger partial charge in [0.1, 0.15) is 6.10 Å². The number of carbonyl (C=O) groups excluding carboxylic acids is 1. The zero-order valence-corrected chi connectivity index (χ0v) is 12.3. The van der Waals surface area contributed by atoms with Crippen LogP contribution in [0.3, 0.4) is 0 Å². The van der Waals surface area contributed by atoms with E-state index in [1.807, 2.05) is 4.90 Å². The number of ether oxygens (including phenoxy) is 1. The molecule has 0 aliphatic carbocycles. The van der Waals surface area contributed by atoms with E-state index in [0.29, 0.717) is 12.8 Å². The zero-order chi connectivity index (χ0) is 21.2. The van der Waals surface area contributed by atoms with Crippen LogP contribution in [0.2, 0.25) is 0 Å². The highest BCUT2D eigenvalue weighted by Gasteiger charge is 2.41. The van der Waals surface area contributed by atoms with Crippen molar-refractivity contribution in [1.29, 1.82) is 0 Å². The van der Waals surface area contributed by atoms with Crippen molar-refractivity contribution < 1.29 is 19.1 Å². The lowest BCUT2D eigenvalue weighted by Crippen LogP contribution is -2.45. The third-order valence-corrected chi connectivity index (χ3v) is 4.68. The lowest BCUT2D eigenvalue weighted by Gasteiger charge is -2.37. The number of para-hydroxylation sites is 1. The Morgan fingerprint density at radius 3 is 2.86 bits per heavy atom. The number of esters is 1. The molecule has 2 saturated heterocycles. The number of aromatic amines is 1. The van der Waals surface area contributed by atoms with Gasteiger partial charge in [0.2, 0.25) is 0 Å². The van der Waals surface area contributed by atoms with Crippen LogP contribution in [0, 0.1) is 0 Å². The number of benzene rings is 1. The Kier molecular flexibility index (Phi) is 2.01. The summed E-state index contributed by atoms with van der Waals surface area (Å²) in [6.07, 6.45) is 1.97. The second-order valence-corrected chi connectivity index (χ2v) is 5.89. The minimum absolute atomic E-state index is 0.0118. The smallest absolute Gasteiger partial charge is 0.340 e. The van der Waals surface area contributed by atoms with Gasteiger partial charge < -0.3 is 9.72 Å². The van der Waals surface area contributed by atoms with Gasteiger partial charge in [0.15, 0.2) is 0 Å². The average molecular weight is 305 g/mol. The van der Waals surface area contributed by atoms with Gasteiger partial charge >= 0.3 is 5.97 Å². The van der Waals surface area contributed by atoms with Gasteiger partial charge in [-0.15, -0.1) is 0 Å². The summed E-state index contributed by atoms with van der Waals surface area (Å²) in [4.78, 5) is 17.3.